The second-order valence-electron chi connectivity index (χ2n) is 1.97. The molecule has 0 spiro atoms. The van der Waals surface area contributed by atoms with Crippen LogP contribution in [0.25, 0.3) is 0 Å². The topological polar surface area (TPSA) is 12.9 Å². The summed E-state index contributed by atoms with van der Waals surface area (Å²) in [6, 6.07) is 0. The van der Waals surface area contributed by atoms with Gasteiger partial charge in [-0.2, -0.15) is 0 Å². The predicted molar refractivity (Wildman–Crippen MR) is 32.3 cm³/mol. The number of aryl methyl sites for hydroxylation is 1. The minimum absolute atomic E-state index is 0.107. The van der Waals surface area contributed by atoms with Gasteiger partial charge in [-0.1, -0.05) is 6.92 Å². The zero-order valence-corrected chi connectivity index (χ0v) is 5.79. The van der Waals surface area contributed by atoms with E-state index in [0.717, 1.165) is 0 Å². The molecule has 1 aromatic heterocycles. The summed E-state index contributed by atoms with van der Waals surface area (Å²) in [5.41, 5.74) is -0.107. The lowest BCUT2D eigenvalue weighted by Crippen LogP contribution is -2.00. The molecule has 0 aromatic carbocycles. The van der Waals surface area contributed by atoms with Crippen LogP contribution in [0.1, 0.15) is 12.6 Å². The van der Waals surface area contributed by atoms with Gasteiger partial charge in [0.25, 0.3) is 0 Å². The van der Waals surface area contributed by atoms with E-state index in [1.165, 1.54) is 0 Å². The summed E-state index contributed by atoms with van der Waals surface area (Å²) in [5.74, 6) is -4.10. The summed E-state index contributed by atoms with van der Waals surface area (Å²) in [6.45, 7) is 1.59. The monoisotopic (exact) mass is 160 g/mol. The molecule has 0 amide bonds. The molecule has 0 aliphatic carbocycles. The molecule has 0 saturated heterocycles. The SMILES string of the molecule is CCc1n[c]c(F)c(F)c1F. The molecule has 0 bridgehead atoms. The standard InChI is InChI=1S/C7H5F3N/c1-2-5-7(10)6(9)4(8)3-11-5/h2H2,1H3. The average Bonchev–Trinajstić information content (AvgIpc) is 2.01. The third-order valence-corrected chi connectivity index (χ3v) is 1.26. The Bertz CT molecular complexity index is 273. The molecule has 1 radical (unpaired) electrons. The van der Waals surface area contributed by atoms with Gasteiger partial charge in [0.2, 0.25) is 0 Å². The molecule has 0 atom stereocenters. The van der Waals surface area contributed by atoms with E-state index in [1.807, 2.05) is 0 Å². The summed E-state index contributed by atoms with van der Waals surface area (Å²) in [4.78, 5) is 3.24. The number of halogens is 3. The number of pyridine rings is 1. The second-order valence-corrected chi connectivity index (χ2v) is 1.97. The first-order valence-electron chi connectivity index (χ1n) is 3.07. The predicted octanol–water partition coefficient (Wildman–Crippen LogP) is 1.86. The quantitative estimate of drug-likeness (QED) is 0.611. The fourth-order valence-corrected chi connectivity index (χ4v) is 0.672. The lowest BCUT2D eigenvalue weighted by molar-refractivity contribution is 0.432. The molecular weight excluding hydrogens is 155 g/mol. The fraction of sp³-hybridized carbons (Fsp3) is 0.286. The number of rotatable bonds is 1. The highest BCUT2D eigenvalue weighted by Gasteiger charge is 2.13. The van der Waals surface area contributed by atoms with Gasteiger partial charge >= 0.3 is 0 Å². The molecule has 1 heterocycles. The van der Waals surface area contributed by atoms with Crippen LogP contribution in [0.4, 0.5) is 13.2 Å². The summed E-state index contributed by atoms with van der Waals surface area (Å²) < 4.78 is 37.1. The van der Waals surface area contributed by atoms with Crippen LogP contribution in [0.2, 0.25) is 0 Å². The molecule has 1 rings (SSSR count). The Labute approximate surface area is 61.9 Å². The van der Waals surface area contributed by atoms with E-state index < -0.39 is 17.5 Å². The van der Waals surface area contributed by atoms with Crippen molar-refractivity contribution in [1.29, 1.82) is 0 Å². The van der Waals surface area contributed by atoms with E-state index in [4.69, 9.17) is 0 Å². The number of aromatic nitrogens is 1. The first kappa shape index (κ1) is 8.04. The molecule has 0 unspecified atom stereocenters. The van der Waals surface area contributed by atoms with Gasteiger partial charge in [0.05, 0.1) is 5.69 Å². The first-order chi connectivity index (χ1) is 5.16. The van der Waals surface area contributed by atoms with Gasteiger partial charge in [-0.3, -0.25) is 0 Å². The largest absolute Gasteiger partial charge is 0.245 e. The molecule has 0 aliphatic heterocycles. The van der Waals surface area contributed by atoms with E-state index in [9.17, 15) is 13.2 Å². The zero-order chi connectivity index (χ0) is 8.43. The fourth-order valence-electron chi connectivity index (χ4n) is 0.672. The Morgan fingerprint density at radius 1 is 1.27 bits per heavy atom. The zero-order valence-electron chi connectivity index (χ0n) is 5.79. The van der Waals surface area contributed by atoms with Crippen molar-refractivity contribution < 1.29 is 13.2 Å². The van der Waals surface area contributed by atoms with Crippen LogP contribution < -0.4 is 0 Å². The Kier molecular flexibility index (Phi) is 2.12. The highest BCUT2D eigenvalue weighted by Crippen LogP contribution is 2.11. The van der Waals surface area contributed by atoms with Gasteiger partial charge in [0, 0.05) is 0 Å². The maximum atomic E-state index is 12.6. The van der Waals surface area contributed by atoms with Crippen LogP contribution in [0.5, 0.6) is 0 Å². The van der Waals surface area contributed by atoms with Gasteiger partial charge in [-0.15, -0.1) is 0 Å². The third kappa shape index (κ3) is 1.34. The van der Waals surface area contributed by atoms with Gasteiger partial charge in [-0.05, 0) is 6.42 Å². The highest BCUT2D eigenvalue weighted by atomic mass is 19.2. The number of nitrogens with zero attached hydrogens (tertiary/aromatic N) is 1. The van der Waals surface area contributed by atoms with Crippen LogP contribution in [0.15, 0.2) is 0 Å². The van der Waals surface area contributed by atoms with Crippen LogP contribution in [-0.4, -0.2) is 4.98 Å². The average molecular weight is 160 g/mol. The van der Waals surface area contributed by atoms with Crippen molar-refractivity contribution in [2.24, 2.45) is 0 Å². The summed E-state index contributed by atoms with van der Waals surface area (Å²) in [7, 11) is 0. The lowest BCUT2D eigenvalue weighted by Gasteiger charge is -1.98. The minimum Gasteiger partial charge on any atom is -0.245 e. The van der Waals surface area contributed by atoms with Crippen LogP contribution in [0, 0.1) is 23.6 Å². The summed E-state index contributed by atoms with van der Waals surface area (Å²) in [5, 5.41) is 0. The third-order valence-electron chi connectivity index (χ3n) is 1.26. The van der Waals surface area contributed by atoms with Crippen LogP contribution >= 0.6 is 0 Å². The Balaban J connectivity index is 3.25. The van der Waals surface area contributed by atoms with Crippen molar-refractivity contribution in [2.75, 3.05) is 0 Å². The van der Waals surface area contributed by atoms with Crippen molar-refractivity contribution in [2.45, 2.75) is 13.3 Å². The van der Waals surface area contributed by atoms with Gasteiger partial charge < -0.3 is 0 Å². The Hall–Kier alpha value is -1.06. The van der Waals surface area contributed by atoms with Crippen LogP contribution in [0.3, 0.4) is 0 Å². The van der Waals surface area contributed by atoms with Crippen molar-refractivity contribution in [1.82, 2.24) is 4.98 Å². The first-order valence-corrected chi connectivity index (χ1v) is 3.07. The molecule has 1 nitrogen and oxygen atoms in total. The van der Waals surface area contributed by atoms with Gasteiger partial charge in [0.1, 0.15) is 6.20 Å². The summed E-state index contributed by atoms with van der Waals surface area (Å²) >= 11 is 0. The second kappa shape index (κ2) is 2.90. The normalized spacial score (nSPS) is 10.2. The van der Waals surface area contributed by atoms with Crippen molar-refractivity contribution in [3.05, 3.63) is 29.3 Å². The molecule has 0 N–H and O–H groups in total. The van der Waals surface area contributed by atoms with Crippen molar-refractivity contribution >= 4 is 0 Å². The van der Waals surface area contributed by atoms with E-state index in [0.29, 0.717) is 0 Å². The molecule has 0 fully saturated rings. The number of hydrogen-bond acceptors (Lipinski definition) is 1. The maximum Gasteiger partial charge on any atom is 0.198 e. The molecule has 11 heavy (non-hydrogen) atoms. The molecule has 0 aliphatic rings. The van der Waals surface area contributed by atoms with E-state index in [2.05, 4.69) is 4.98 Å². The molecular formula is C7H5F3N. The molecule has 59 valence electrons. The Morgan fingerprint density at radius 2 is 1.91 bits per heavy atom. The van der Waals surface area contributed by atoms with E-state index in [1.54, 1.807) is 13.1 Å². The van der Waals surface area contributed by atoms with Crippen LogP contribution in [-0.2, 0) is 6.42 Å². The maximum absolute atomic E-state index is 12.6. The Morgan fingerprint density at radius 3 is 2.45 bits per heavy atom. The van der Waals surface area contributed by atoms with Crippen molar-refractivity contribution in [3.63, 3.8) is 0 Å². The summed E-state index contributed by atoms with van der Waals surface area (Å²) in [6.07, 6.45) is 1.95. The highest BCUT2D eigenvalue weighted by molar-refractivity contribution is 5.09. The minimum atomic E-state index is -1.50. The molecule has 0 saturated carbocycles. The number of hydrogen-bond donors (Lipinski definition) is 0. The lowest BCUT2D eigenvalue weighted by atomic mass is 10.3. The smallest absolute Gasteiger partial charge is 0.198 e. The molecule has 4 heteroatoms. The van der Waals surface area contributed by atoms with E-state index in [-0.39, 0.29) is 12.1 Å². The van der Waals surface area contributed by atoms with E-state index >= 15 is 0 Å². The van der Waals surface area contributed by atoms with Crippen molar-refractivity contribution in [3.8, 4) is 0 Å². The molecule has 1 aromatic rings. The van der Waals surface area contributed by atoms with Gasteiger partial charge in [0.15, 0.2) is 17.5 Å². The van der Waals surface area contributed by atoms with Gasteiger partial charge in [-0.25, -0.2) is 18.2 Å².